The molecule has 28 heavy (non-hydrogen) atoms. The van der Waals surface area contributed by atoms with Gasteiger partial charge in [0.05, 0.1) is 27.8 Å². The summed E-state index contributed by atoms with van der Waals surface area (Å²) in [7, 11) is 0. The summed E-state index contributed by atoms with van der Waals surface area (Å²) in [5.74, 6) is -1.06. The number of ether oxygens (including phenoxy) is 1. The van der Waals surface area contributed by atoms with Gasteiger partial charge in [0, 0.05) is 0 Å². The van der Waals surface area contributed by atoms with Crippen LogP contribution in [-0.2, 0) is 9.53 Å². The van der Waals surface area contributed by atoms with Gasteiger partial charge in [0.1, 0.15) is 5.56 Å². The summed E-state index contributed by atoms with van der Waals surface area (Å²) in [6.45, 7) is 5.00. The molecule has 1 amide bonds. The quantitative estimate of drug-likeness (QED) is 0.653. The van der Waals surface area contributed by atoms with Gasteiger partial charge in [-0.25, -0.2) is 9.48 Å². The Morgan fingerprint density at radius 3 is 2.50 bits per heavy atom. The highest BCUT2D eigenvalue weighted by Gasteiger charge is 2.21. The maximum atomic E-state index is 12.5. The number of rotatable bonds is 5. The molecule has 0 radical (unpaired) electrons. The van der Waals surface area contributed by atoms with Gasteiger partial charge < -0.3 is 10.1 Å². The highest BCUT2D eigenvalue weighted by molar-refractivity contribution is 6.33. The van der Waals surface area contributed by atoms with Crippen molar-refractivity contribution in [1.82, 2.24) is 9.78 Å². The predicted molar refractivity (Wildman–Crippen MR) is 108 cm³/mol. The van der Waals surface area contributed by atoms with Crippen molar-refractivity contribution >= 4 is 29.2 Å². The molecule has 0 spiro atoms. The van der Waals surface area contributed by atoms with E-state index in [0.717, 1.165) is 11.3 Å². The number of hydrogen-bond donors (Lipinski definition) is 1. The molecule has 6 nitrogen and oxygen atoms in total. The number of hydrogen-bond acceptors (Lipinski definition) is 4. The number of aromatic nitrogens is 2. The number of nitrogens with one attached hydrogen (secondary N) is 1. The Bertz CT molecular complexity index is 1030. The molecule has 144 valence electrons. The lowest BCUT2D eigenvalue weighted by Gasteiger charge is -2.09. The fourth-order valence-electron chi connectivity index (χ4n) is 2.87. The van der Waals surface area contributed by atoms with Gasteiger partial charge in [0.25, 0.3) is 5.91 Å². The summed E-state index contributed by atoms with van der Waals surface area (Å²) in [4.78, 5) is 24.6. The lowest BCUT2D eigenvalue weighted by Crippen LogP contribution is -2.21. The molecule has 0 atom stereocenters. The molecular formula is C21H20ClN3O3. The number of nitrogens with zero attached hydrogens (tertiary/aromatic N) is 2. The third-order valence-corrected chi connectivity index (χ3v) is 4.54. The molecule has 1 N–H and O–H groups in total. The Hall–Kier alpha value is -3.12. The van der Waals surface area contributed by atoms with Crippen LogP contribution in [0.4, 0.5) is 5.69 Å². The van der Waals surface area contributed by atoms with Crippen LogP contribution in [0.25, 0.3) is 5.69 Å². The topological polar surface area (TPSA) is 73.2 Å². The van der Waals surface area contributed by atoms with Crippen molar-refractivity contribution in [2.24, 2.45) is 0 Å². The summed E-state index contributed by atoms with van der Waals surface area (Å²) >= 11 is 6.10. The van der Waals surface area contributed by atoms with Gasteiger partial charge in [0.2, 0.25) is 0 Å². The Morgan fingerprint density at radius 2 is 1.82 bits per heavy atom. The predicted octanol–water partition coefficient (Wildman–Crippen LogP) is 4.25. The van der Waals surface area contributed by atoms with Gasteiger partial charge >= 0.3 is 5.97 Å². The monoisotopic (exact) mass is 397 g/mol. The van der Waals surface area contributed by atoms with Crippen molar-refractivity contribution in [3.05, 3.63) is 76.1 Å². The highest BCUT2D eigenvalue weighted by atomic mass is 35.5. The molecule has 0 aliphatic carbocycles. The number of halogens is 1. The van der Waals surface area contributed by atoms with E-state index in [1.54, 1.807) is 30.7 Å². The van der Waals surface area contributed by atoms with E-state index in [1.807, 2.05) is 43.3 Å². The minimum absolute atomic E-state index is 0.352. The van der Waals surface area contributed by atoms with Crippen molar-refractivity contribution in [2.45, 2.75) is 20.8 Å². The Morgan fingerprint density at radius 1 is 1.11 bits per heavy atom. The van der Waals surface area contributed by atoms with Crippen LogP contribution in [0.1, 0.15) is 27.3 Å². The molecule has 0 unspecified atom stereocenters. The maximum absolute atomic E-state index is 12.5. The minimum Gasteiger partial charge on any atom is -0.452 e. The number of carbonyl (C=O) groups excluding carboxylic acids is 2. The standard InChI is InChI=1S/C21H20ClN3O3/c1-13-9-10-18(17(22)11-13)23-19(26)12-28-21(27)20-14(2)24-25(15(20)3)16-7-5-4-6-8-16/h4-11H,12H2,1-3H3,(H,23,26). The molecule has 0 aliphatic heterocycles. The molecule has 0 saturated carbocycles. The molecule has 1 heterocycles. The Balaban J connectivity index is 1.68. The van der Waals surface area contributed by atoms with Crippen LogP contribution in [0.15, 0.2) is 48.5 Å². The molecule has 3 rings (SSSR count). The third kappa shape index (κ3) is 4.23. The van der Waals surface area contributed by atoms with Gasteiger partial charge in [-0.1, -0.05) is 35.9 Å². The molecule has 7 heteroatoms. The van der Waals surface area contributed by atoms with E-state index in [4.69, 9.17) is 16.3 Å². The maximum Gasteiger partial charge on any atom is 0.342 e. The second-order valence-corrected chi connectivity index (χ2v) is 6.81. The van der Waals surface area contributed by atoms with Crippen molar-refractivity contribution in [2.75, 3.05) is 11.9 Å². The van der Waals surface area contributed by atoms with Gasteiger partial charge in [-0.3, -0.25) is 4.79 Å². The lowest BCUT2D eigenvalue weighted by molar-refractivity contribution is -0.119. The van der Waals surface area contributed by atoms with Crippen LogP contribution in [0.5, 0.6) is 0 Å². The average molecular weight is 398 g/mol. The fourth-order valence-corrected chi connectivity index (χ4v) is 3.15. The molecule has 3 aromatic rings. The molecule has 0 fully saturated rings. The Labute approximate surface area is 168 Å². The van der Waals surface area contributed by atoms with Crippen LogP contribution in [0, 0.1) is 20.8 Å². The van der Waals surface area contributed by atoms with Gasteiger partial charge in [-0.2, -0.15) is 5.10 Å². The van der Waals surface area contributed by atoms with Gasteiger partial charge in [-0.15, -0.1) is 0 Å². The number of para-hydroxylation sites is 1. The first-order valence-corrected chi connectivity index (χ1v) is 9.09. The number of benzene rings is 2. The normalized spacial score (nSPS) is 10.6. The zero-order valence-electron chi connectivity index (χ0n) is 15.8. The van der Waals surface area contributed by atoms with Gasteiger partial charge in [-0.05, 0) is 50.6 Å². The van der Waals surface area contributed by atoms with Crippen molar-refractivity contribution in [3.8, 4) is 5.69 Å². The zero-order chi connectivity index (χ0) is 20.3. The average Bonchev–Trinajstić information content (AvgIpc) is 2.97. The molecule has 0 saturated heterocycles. The minimum atomic E-state index is -0.595. The van der Waals surface area contributed by atoms with Crippen LogP contribution in [-0.4, -0.2) is 28.3 Å². The summed E-state index contributed by atoms with van der Waals surface area (Å²) in [5.41, 5.74) is 3.83. The number of aryl methyl sites for hydroxylation is 2. The molecule has 0 bridgehead atoms. The fraction of sp³-hybridized carbons (Fsp3) is 0.190. The summed E-state index contributed by atoms with van der Waals surface area (Å²) in [6.07, 6.45) is 0. The van der Waals surface area contributed by atoms with Crippen LogP contribution in [0.2, 0.25) is 5.02 Å². The van der Waals surface area contributed by atoms with Crippen molar-refractivity contribution in [1.29, 1.82) is 0 Å². The van der Waals surface area contributed by atoms with Crippen LogP contribution < -0.4 is 5.32 Å². The summed E-state index contributed by atoms with van der Waals surface area (Å²) in [5, 5.41) is 7.48. The second kappa shape index (κ2) is 8.27. The number of amides is 1. The summed E-state index contributed by atoms with van der Waals surface area (Å²) < 4.78 is 6.87. The molecule has 0 aliphatic rings. The smallest absolute Gasteiger partial charge is 0.342 e. The SMILES string of the molecule is Cc1ccc(NC(=O)COC(=O)c2c(C)nn(-c3ccccc3)c2C)c(Cl)c1. The van der Waals surface area contributed by atoms with Crippen molar-refractivity contribution < 1.29 is 14.3 Å². The van der Waals surface area contributed by atoms with Crippen LogP contribution >= 0.6 is 11.6 Å². The first-order valence-electron chi connectivity index (χ1n) is 8.71. The summed E-state index contributed by atoms with van der Waals surface area (Å²) in [6, 6.07) is 14.8. The van der Waals surface area contributed by atoms with E-state index in [1.165, 1.54) is 0 Å². The Kier molecular flexibility index (Phi) is 5.80. The number of carbonyl (C=O) groups is 2. The van der Waals surface area contributed by atoms with E-state index >= 15 is 0 Å². The van der Waals surface area contributed by atoms with E-state index in [2.05, 4.69) is 10.4 Å². The number of esters is 1. The first kappa shape index (κ1) is 19.6. The highest BCUT2D eigenvalue weighted by Crippen LogP contribution is 2.23. The van der Waals surface area contributed by atoms with E-state index in [9.17, 15) is 9.59 Å². The third-order valence-electron chi connectivity index (χ3n) is 4.23. The zero-order valence-corrected chi connectivity index (χ0v) is 16.6. The second-order valence-electron chi connectivity index (χ2n) is 6.40. The molecular weight excluding hydrogens is 378 g/mol. The largest absolute Gasteiger partial charge is 0.452 e. The first-order chi connectivity index (χ1) is 13.4. The van der Waals surface area contributed by atoms with E-state index in [0.29, 0.717) is 27.7 Å². The van der Waals surface area contributed by atoms with Crippen molar-refractivity contribution in [3.63, 3.8) is 0 Å². The molecule has 2 aromatic carbocycles. The van der Waals surface area contributed by atoms with E-state index in [-0.39, 0.29) is 0 Å². The molecule has 1 aromatic heterocycles. The lowest BCUT2D eigenvalue weighted by atomic mass is 10.2. The van der Waals surface area contributed by atoms with E-state index < -0.39 is 18.5 Å². The van der Waals surface area contributed by atoms with Crippen LogP contribution in [0.3, 0.4) is 0 Å². The number of anilines is 1. The van der Waals surface area contributed by atoms with Gasteiger partial charge in [0.15, 0.2) is 6.61 Å².